The van der Waals surface area contributed by atoms with Crippen LogP contribution >= 0.6 is 11.3 Å². The summed E-state index contributed by atoms with van der Waals surface area (Å²) in [6, 6.07) is 5.72. The van der Waals surface area contributed by atoms with Gasteiger partial charge in [0, 0.05) is 24.4 Å². The van der Waals surface area contributed by atoms with Crippen LogP contribution in [0.3, 0.4) is 0 Å². The molecule has 0 saturated carbocycles. The molecule has 4 nitrogen and oxygen atoms in total. The van der Waals surface area contributed by atoms with Gasteiger partial charge in [-0.25, -0.2) is 4.98 Å². The molecule has 2 aromatic heterocycles. The minimum absolute atomic E-state index is 0.296. The zero-order valence-corrected chi connectivity index (χ0v) is 10.9. The van der Waals surface area contributed by atoms with Crippen molar-refractivity contribution in [2.75, 3.05) is 6.54 Å². The van der Waals surface area contributed by atoms with Crippen molar-refractivity contribution < 1.29 is 4.42 Å². The zero-order valence-electron chi connectivity index (χ0n) is 10.1. The molecule has 3 rings (SSSR count). The van der Waals surface area contributed by atoms with Gasteiger partial charge in [0.15, 0.2) is 6.04 Å². The van der Waals surface area contributed by atoms with E-state index in [1.165, 1.54) is 10.6 Å². The van der Waals surface area contributed by atoms with E-state index in [0.29, 0.717) is 0 Å². The van der Waals surface area contributed by atoms with E-state index < -0.39 is 0 Å². The maximum Gasteiger partial charge on any atom is 0.157 e. The second-order valence-corrected chi connectivity index (χ2v) is 5.66. The molecule has 0 radical (unpaired) electrons. The van der Waals surface area contributed by atoms with Gasteiger partial charge in [0.05, 0.1) is 23.0 Å². The Kier molecular flexibility index (Phi) is 2.90. The first-order chi connectivity index (χ1) is 8.78. The van der Waals surface area contributed by atoms with E-state index in [1.54, 1.807) is 17.6 Å². The molecule has 5 heteroatoms. The topological polar surface area (TPSA) is 53.1 Å². The third-order valence-corrected chi connectivity index (χ3v) is 4.17. The van der Waals surface area contributed by atoms with Gasteiger partial charge in [-0.15, -0.1) is 11.3 Å². The van der Waals surface area contributed by atoms with Crippen LogP contribution in [0.4, 0.5) is 0 Å². The van der Waals surface area contributed by atoms with Crippen molar-refractivity contribution in [2.24, 2.45) is 0 Å². The molecule has 3 heterocycles. The van der Waals surface area contributed by atoms with Gasteiger partial charge < -0.3 is 4.42 Å². The van der Waals surface area contributed by atoms with Crippen LogP contribution in [-0.4, -0.2) is 16.4 Å². The summed E-state index contributed by atoms with van der Waals surface area (Å²) >= 11 is 1.73. The summed E-state index contributed by atoms with van der Waals surface area (Å²) in [7, 11) is 0. The number of furan rings is 1. The van der Waals surface area contributed by atoms with Crippen molar-refractivity contribution in [3.05, 3.63) is 39.7 Å². The van der Waals surface area contributed by atoms with E-state index in [4.69, 9.17) is 4.42 Å². The van der Waals surface area contributed by atoms with Crippen LogP contribution in [0.2, 0.25) is 0 Å². The average molecular weight is 259 g/mol. The van der Waals surface area contributed by atoms with Crippen molar-refractivity contribution in [1.82, 2.24) is 9.88 Å². The number of rotatable bonds is 2. The Bertz CT molecular complexity index is 582. The van der Waals surface area contributed by atoms with Crippen molar-refractivity contribution in [3.8, 4) is 6.07 Å². The number of fused-ring (bicyclic) bond motifs is 1. The first-order valence-electron chi connectivity index (χ1n) is 5.90. The normalized spacial score (nSPS) is 17.1. The Morgan fingerprint density at radius 3 is 3.22 bits per heavy atom. The lowest BCUT2D eigenvalue weighted by Gasteiger charge is -2.28. The van der Waals surface area contributed by atoms with E-state index >= 15 is 0 Å². The van der Waals surface area contributed by atoms with Crippen molar-refractivity contribution in [1.29, 1.82) is 5.26 Å². The molecule has 18 heavy (non-hydrogen) atoms. The molecule has 92 valence electrons. The highest BCUT2D eigenvalue weighted by molar-refractivity contribution is 7.11. The number of hydrogen-bond acceptors (Lipinski definition) is 5. The number of aryl methyl sites for hydroxylation is 1. The first-order valence-corrected chi connectivity index (χ1v) is 6.72. The van der Waals surface area contributed by atoms with Crippen LogP contribution in [-0.2, 0) is 13.0 Å². The SMILES string of the molecule is Cc1nc2c(s1)CN([C@@H](C#N)c1ccco1)CC2. The highest BCUT2D eigenvalue weighted by Gasteiger charge is 2.28. The summed E-state index contributed by atoms with van der Waals surface area (Å²) in [5.41, 5.74) is 1.20. The summed E-state index contributed by atoms with van der Waals surface area (Å²) < 4.78 is 5.36. The summed E-state index contributed by atoms with van der Waals surface area (Å²) in [6.07, 6.45) is 2.53. The molecule has 0 fully saturated rings. The predicted molar refractivity (Wildman–Crippen MR) is 68.0 cm³/mol. The van der Waals surface area contributed by atoms with Crippen LogP contribution in [0.1, 0.15) is 27.4 Å². The molecule has 2 aromatic rings. The molecular formula is C13H13N3OS. The number of aromatic nitrogens is 1. The Labute approximate surface area is 109 Å². The fourth-order valence-corrected chi connectivity index (χ4v) is 3.35. The third-order valence-electron chi connectivity index (χ3n) is 3.17. The molecule has 0 spiro atoms. The maximum atomic E-state index is 9.34. The molecule has 0 N–H and O–H groups in total. The smallest absolute Gasteiger partial charge is 0.157 e. The molecule has 0 aliphatic carbocycles. The van der Waals surface area contributed by atoms with E-state index in [9.17, 15) is 5.26 Å². The van der Waals surface area contributed by atoms with E-state index in [0.717, 1.165) is 30.3 Å². The fraction of sp³-hybridized carbons (Fsp3) is 0.385. The second-order valence-electron chi connectivity index (χ2n) is 4.37. The molecule has 0 bridgehead atoms. The minimum atomic E-state index is -0.296. The van der Waals surface area contributed by atoms with Gasteiger partial charge in [-0.3, -0.25) is 4.90 Å². The number of nitrogens with zero attached hydrogens (tertiary/aromatic N) is 3. The van der Waals surface area contributed by atoms with Gasteiger partial charge in [-0.1, -0.05) is 0 Å². The fourth-order valence-electron chi connectivity index (χ4n) is 2.34. The Hall–Kier alpha value is -1.64. The maximum absolute atomic E-state index is 9.34. The lowest BCUT2D eigenvalue weighted by atomic mass is 10.1. The quantitative estimate of drug-likeness (QED) is 0.832. The second kappa shape index (κ2) is 4.56. The minimum Gasteiger partial charge on any atom is -0.467 e. The molecule has 0 amide bonds. The van der Waals surface area contributed by atoms with E-state index in [-0.39, 0.29) is 6.04 Å². The number of thiazole rings is 1. The van der Waals surface area contributed by atoms with Crippen LogP contribution in [0.5, 0.6) is 0 Å². The van der Waals surface area contributed by atoms with Crippen LogP contribution < -0.4 is 0 Å². The summed E-state index contributed by atoms with van der Waals surface area (Å²) in [5, 5.41) is 10.4. The highest BCUT2D eigenvalue weighted by Crippen LogP contribution is 2.30. The van der Waals surface area contributed by atoms with Crippen LogP contribution in [0.25, 0.3) is 0 Å². The van der Waals surface area contributed by atoms with E-state index in [1.807, 2.05) is 19.1 Å². The molecule has 1 aliphatic heterocycles. The lowest BCUT2D eigenvalue weighted by molar-refractivity contribution is 0.197. The van der Waals surface area contributed by atoms with Crippen molar-refractivity contribution in [2.45, 2.75) is 25.9 Å². The van der Waals surface area contributed by atoms with Gasteiger partial charge in [-0.2, -0.15) is 5.26 Å². The number of hydrogen-bond donors (Lipinski definition) is 0. The van der Waals surface area contributed by atoms with Gasteiger partial charge in [-0.05, 0) is 19.1 Å². The molecule has 0 unspecified atom stereocenters. The predicted octanol–water partition coefficient (Wildman–Crippen LogP) is 2.67. The van der Waals surface area contributed by atoms with Crippen molar-refractivity contribution in [3.63, 3.8) is 0 Å². The van der Waals surface area contributed by atoms with Gasteiger partial charge in [0.2, 0.25) is 0 Å². The Morgan fingerprint density at radius 2 is 2.50 bits per heavy atom. The highest BCUT2D eigenvalue weighted by atomic mass is 32.1. The van der Waals surface area contributed by atoms with Gasteiger partial charge in [0.25, 0.3) is 0 Å². The number of nitriles is 1. The van der Waals surface area contributed by atoms with Crippen molar-refractivity contribution >= 4 is 11.3 Å². The van der Waals surface area contributed by atoms with Gasteiger partial charge >= 0.3 is 0 Å². The standard InChI is InChI=1S/C13H13N3OS/c1-9-15-10-4-5-16(8-13(10)18-9)11(7-14)12-3-2-6-17-12/h2-3,6,11H,4-5,8H2,1H3/t11-/m0/s1. The molecule has 0 aromatic carbocycles. The molecule has 1 aliphatic rings. The zero-order chi connectivity index (χ0) is 12.5. The largest absolute Gasteiger partial charge is 0.467 e. The monoisotopic (exact) mass is 259 g/mol. The Balaban J connectivity index is 1.85. The van der Waals surface area contributed by atoms with E-state index in [2.05, 4.69) is 16.0 Å². The van der Waals surface area contributed by atoms with Crippen LogP contribution in [0, 0.1) is 18.3 Å². The average Bonchev–Trinajstić information content (AvgIpc) is 2.97. The summed E-state index contributed by atoms with van der Waals surface area (Å²) in [6.45, 7) is 3.68. The summed E-state index contributed by atoms with van der Waals surface area (Å²) in [4.78, 5) is 7.95. The van der Waals surface area contributed by atoms with Crippen LogP contribution in [0.15, 0.2) is 22.8 Å². The summed E-state index contributed by atoms with van der Waals surface area (Å²) in [5.74, 6) is 0.724. The first kappa shape index (κ1) is 11.5. The van der Waals surface area contributed by atoms with Gasteiger partial charge in [0.1, 0.15) is 5.76 Å². The third kappa shape index (κ3) is 1.94. The lowest BCUT2D eigenvalue weighted by Crippen LogP contribution is -2.32. The molecular weight excluding hydrogens is 246 g/mol. The molecule has 0 saturated heterocycles. The molecule has 1 atom stereocenters. The Morgan fingerprint density at radius 1 is 1.61 bits per heavy atom.